The van der Waals surface area contributed by atoms with Crippen LogP contribution in [-0.4, -0.2) is 59.3 Å². The zero-order valence-electron chi connectivity index (χ0n) is 18.4. The molecule has 1 saturated heterocycles. The van der Waals surface area contributed by atoms with Gasteiger partial charge in [-0.3, -0.25) is 4.79 Å². The average Bonchev–Trinajstić information content (AvgIpc) is 3.17. The molecular formula is C24H31N3O4. The van der Waals surface area contributed by atoms with Crippen LogP contribution in [0.3, 0.4) is 0 Å². The van der Waals surface area contributed by atoms with Crippen LogP contribution in [0.25, 0.3) is 11.3 Å². The SMILES string of the molecule is CCc1c(-c2ccc(N3CC4[C@H](CCC[C@H]4N(C)C)C3)cc2)[nH]c(=O)c(C(=O)O)c1O. The molecule has 2 fully saturated rings. The monoisotopic (exact) mass is 425 g/mol. The maximum Gasteiger partial charge on any atom is 0.345 e. The molecule has 1 aliphatic heterocycles. The predicted molar refractivity (Wildman–Crippen MR) is 121 cm³/mol. The fraction of sp³-hybridized carbons (Fsp3) is 0.500. The van der Waals surface area contributed by atoms with E-state index in [1.54, 1.807) is 0 Å². The number of carbonyl (C=O) groups is 1. The van der Waals surface area contributed by atoms with Crippen molar-refractivity contribution < 1.29 is 15.0 Å². The van der Waals surface area contributed by atoms with Gasteiger partial charge in [-0.15, -0.1) is 0 Å². The van der Waals surface area contributed by atoms with Gasteiger partial charge in [0, 0.05) is 30.4 Å². The summed E-state index contributed by atoms with van der Waals surface area (Å²) in [7, 11) is 4.36. The maximum atomic E-state index is 12.2. The third kappa shape index (κ3) is 3.82. The Balaban J connectivity index is 1.61. The molecule has 7 nitrogen and oxygen atoms in total. The number of H-pyrrole nitrogens is 1. The van der Waals surface area contributed by atoms with E-state index in [0.717, 1.165) is 30.3 Å². The Morgan fingerprint density at radius 1 is 1.19 bits per heavy atom. The number of hydrogen-bond acceptors (Lipinski definition) is 5. The summed E-state index contributed by atoms with van der Waals surface area (Å²) in [6.45, 7) is 3.95. The third-order valence-corrected chi connectivity index (χ3v) is 7.10. The molecule has 31 heavy (non-hydrogen) atoms. The fourth-order valence-corrected chi connectivity index (χ4v) is 5.55. The number of aromatic hydroxyl groups is 1. The highest BCUT2D eigenvalue weighted by Crippen LogP contribution is 2.40. The lowest BCUT2D eigenvalue weighted by Gasteiger charge is -2.37. The minimum atomic E-state index is -1.43. The highest BCUT2D eigenvalue weighted by molar-refractivity contribution is 5.92. The van der Waals surface area contributed by atoms with Gasteiger partial charge in [0.1, 0.15) is 5.75 Å². The Morgan fingerprint density at radius 2 is 1.90 bits per heavy atom. The number of anilines is 1. The number of pyridine rings is 1. The fourth-order valence-electron chi connectivity index (χ4n) is 5.55. The van der Waals surface area contributed by atoms with Crippen molar-refractivity contribution in [3.05, 3.63) is 45.7 Å². The summed E-state index contributed by atoms with van der Waals surface area (Å²) in [4.78, 5) is 31.1. The number of nitrogens with one attached hydrogen (secondary N) is 1. The van der Waals surface area contributed by atoms with Crippen molar-refractivity contribution >= 4 is 11.7 Å². The number of carboxylic acids is 1. The molecule has 2 aromatic rings. The van der Waals surface area contributed by atoms with Gasteiger partial charge in [-0.2, -0.15) is 0 Å². The average molecular weight is 426 g/mol. The van der Waals surface area contributed by atoms with E-state index in [1.807, 2.05) is 19.1 Å². The van der Waals surface area contributed by atoms with E-state index in [-0.39, 0.29) is 0 Å². The van der Waals surface area contributed by atoms with Gasteiger partial charge in [0.05, 0.1) is 5.69 Å². The summed E-state index contributed by atoms with van der Waals surface area (Å²) in [5, 5.41) is 19.6. The van der Waals surface area contributed by atoms with E-state index in [1.165, 1.54) is 19.3 Å². The largest absolute Gasteiger partial charge is 0.506 e. The molecule has 1 unspecified atom stereocenters. The Kier molecular flexibility index (Phi) is 5.79. The van der Waals surface area contributed by atoms with E-state index < -0.39 is 22.8 Å². The molecular weight excluding hydrogens is 394 g/mol. The first kappa shape index (κ1) is 21.4. The van der Waals surface area contributed by atoms with Gasteiger partial charge in [-0.1, -0.05) is 25.5 Å². The summed E-state index contributed by atoms with van der Waals surface area (Å²) in [5.74, 6) is -0.464. The van der Waals surface area contributed by atoms with Crippen molar-refractivity contribution in [2.24, 2.45) is 11.8 Å². The first-order valence-electron chi connectivity index (χ1n) is 11.0. The van der Waals surface area contributed by atoms with Crippen molar-refractivity contribution in [1.82, 2.24) is 9.88 Å². The Bertz CT molecular complexity index is 1030. The molecule has 0 bridgehead atoms. The quantitative estimate of drug-likeness (QED) is 0.681. The van der Waals surface area contributed by atoms with E-state index in [4.69, 9.17) is 0 Å². The van der Waals surface area contributed by atoms with Crippen LogP contribution in [0.15, 0.2) is 29.1 Å². The second kappa shape index (κ2) is 8.38. The van der Waals surface area contributed by atoms with Crippen molar-refractivity contribution in [2.45, 2.75) is 38.6 Å². The zero-order valence-corrected chi connectivity index (χ0v) is 18.4. The second-order valence-corrected chi connectivity index (χ2v) is 9.03. The molecule has 7 heteroatoms. The van der Waals surface area contributed by atoms with Gasteiger partial charge in [0.2, 0.25) is 0 Å². The van der Waals surface area contributed by atoms with Crippen LogP contribution in [0.2, 0.25) is 0 Å². The first-order chi connectivity index (χ1) is 14.8. The lowest BCUT2D eigenvalue weighted by molar-refractivity contribution is 0.0691. The van der Waals surface area contributed by atoms with Crippen LogP contribution in [0.4, 0.5) is 5.69 Å². The van der Waals surface area contributed by atoms with Crippen molar-refractivity contribution in [2.75, 3.05) is 32.1 Å². The molecule has 1 aliphatic carbocycles. The van der Waals surface area contributed by atoms with E-state index in [2.05, 4.69) is 41.0 Å². The normalized spacial score (nSPS) is 23.2. The highest BCUT2D eigenvalue weighted by Gasteiger charge is 2.41. The van der Waals surface area contributed by atoms with E-state index in [0.29, 0.717) is 29.6 Å². The third-order valence-electron chi connectivity index (χ3n) is 7.10. The van der Waals surface area contributed by atoms with Gasteiger partial charge < -0.3 is 25.0 Å². The van der Waals surface area contributed by atoms with Crippen LogP contribution >= 0.6 is 0 Å². The van der Waals surface area contributed by atoms with Gasteiger partial charge in [0.15, 0.2) is 5.56 Å². The zero-order chi connectivity index (χ0) is 22.3. The van der Waals surface area contributed by atoms with Gasteiger partial charge >= 0.3 is 5.97 Å². The number of aromatic carboxylic acids is 1. The summed E-state index contributed by atoms with van der Waals surface area (Å²) in [6.07, 6.45) is 4.25. The Hall–Kier alpha value is -2.80. The van der Waals surface area contributed by atoms with E-state index in [9.17, 15) is 19.8 Å². The maximum absolute atomic E-state index is 12.2. The molecule has 4 rings (SSSR count). The number of aromatic nitrogens is 1. The summed E-state index contributed by atoms with van der Waals surface area (Å²) in [5.41, 5.74) is 1.43. The van der Waals surface area contributed by atoms with Crippen LogP contribution in [-0.2, 0) is 6.42 Å². The molecule has 3 N–H and O–H groups in total. The number of fused-ring (bicyclic) bond motifs is 1. The summed E-state index contributed by atoms with van der Waals surface area (Å²) < 4.78 is 0. The van der Waals surface area contributed by atoms with Crippen LogP contribution in [0.5, 0.6) is 5.75 Å². The number of benzene rings is 1. The highest BCUT2D eigenvalue weighted by atomic mass is 16.4. The lowest BCUT2D eigenvalue weighted by atomic mass is 9.77. The lowest BCUT2D eigenvalue weighted by Crippen LogP contribution is -2.41. The predicted octanol–water partition coefficient (Wildman–Crippen LogP) is 3.17. The van der Waals surface area contributed by atoms with E-state index >= 15 is 0 Å². The Morgan fingerprint density at radius 3 is 2.52 bits per heavy atom. The van der Waals surface area contributed by atoms with Crippen molar-refractivity contribution in [3.8, 4) is 17.0 Å². The summed E-state index contributed by atoms with van der Waals surface area (Å²) in [6, 6.07) is 8.61. The minimum Gasteiger partial charge on any atom is -0.506 e. The van der Waals surface area contributed by atoms with Gasteiger partial charge in [-0.25, -0.2) is 4.79 Å². The molecule has 1 aromatic carbocycles. The van der Waals surface area contributed by atoms with Crippen LogP contribution in [0.1, 0.15) is 42.1 Å². The number of aromatic amines is 1. The Labute approximate surface area is 182 Å². The molecule has 3 atom stereocenters. The summed E-state index contributed by atoms with van der Waals surface area (Å²) >= 11 is 0. The van der Waals surface area contributed by atoms with Crippen molar-refractivity contribution in [1.29, 1.82) is 0 Å². The molecule has 2 aliphatic rings. The molecule has 1 saturated carbocycles. The number of carboxylic acid groups (broad SMARTS) is 1. The molecule has 0 spiro atoms. The van der Waals surface area contributed by atoms with Crippen LogP contribution in [0, 0.1) is 11.8 Å². The van der Waals surface area contributed by atoms with Crippen LogP contribution < -0.4 is 10.5 Å². The smallest absolute Gasteiger partial charge is 0.345 e. The standard InChI is InChI=1S/C24H31N3O4/c1-4-17-21(25-23(29)20(22(17)28)24(30)31)14-8-10-16(11-9-14)27-12-15-6-5-7-19(26(2)3)18(15)13-27/h8-11,15,18-19H,4-7,12-13H2,1-3H3,(H,30,31)(H2,25,28,29)/t15-,18?,19-/m1/s1. The molecule has 1 aromatic heterocycles. The number of nitrogens with zero attached hydrogens (tertiary/aromatic N) is 2. The molecule has 0 radical (unpaired) electrons. The molecule has 0 amide bonds. The van der Waals surface area contributed by atoms with Crippen molar-refractivity contribution in [3.63, 3.8) is 0 Å². The molecule has 2 heterocycles. The second-order valence-electron chi connectivity index (χ2n) is 9.03. The number of rotatable bonds is 5. The number of hydrogen-bond donors (Lipinski definition) is 3. The topological polar surface area (TPSA) is 96.9 Å². The van der Waals surface area contributed by atoms with Gasteiger partial charge in [0.25, 0.3) is 5.56 Å². The van der Waals surface area contributed by atoms with Gasteiger partial charge in [-0.05, 0) is 62.9 Å². The first-order valence-corrected chi connectivity index (χ1v) is 11.0. The minimum absolute atomic E-state index is 0.404. The molecule has 166 valence electrons.